The molecule has 0 aliphatic heterocycles. The predicted octanol–water partition coefficient (Wildman–Crippen LogP) is 3.91. The largest absolute Gasteiger partial charge is 0.477 e. The summed E-state index contributed by atoms with van der Waals surface area (Å²) >= 11 is 6.18. The summed E-state index contributed by atoms with van der Waals surface area (Å²) in [4.78, 5) is 15.7. The average molecular weight is 388 g/mol. The van der Waals surface area contributed by atoms with Gasteiger partial charge < -0.3 is 19.3 Å². The molecule has 2 aromatic heterocycles. The highest BCUT2D eigenvalue weighted by atomic mass is 35.5. The van der Waals surface area contributed by atoms with Crippen LogP contribution in [0.4, 0.5) is 0 Å². The van der Waals surface area contributed by atoms with E-state index in [1.165, 1.54) is 0 Å². The Kier molecular flexibility index (Phi) is 5.98. The van der Waals surface area contributed by atoms with Crippen LogP contribution in [0.5, 0.6) is 0 Å². The fourth-order valence-electron chi connectivity index (χ4n) is 3.09. The van der Waals surface area contributed by atoms with Crippen LogP contribution >= 0.6 is 11.6 Å². The number of benzene rings is 1. The van der Waals surface area contributed by atoms with E-state index in [1.54, 1.807) is 22.9 Å². The lowest BCUT2D eigenvalue weighted by Crippen LogP contribution is -2.10. The maximum atomic E-state index is 11.3. The fraction of sp³-hybridized carbons (Fsp3) is 0.300. The summed E-state index contributed by atoms with van der Waals surface area (Å²) in [6.07, 6.45) is 4.58. The molecule has 0 unspecified atom stereocenters. The summed E-state index contributed by atoms with van der Waals surface area (Å²) in [5.74, 6) is -0.0983. The highest BCUT2D eigenvalue weighted by molar-refractivity contribution is 6.30. The van der Waals surface area contributed by atoms with Gasteiger partial charge in [-0.3, -0.25) is 0 Å². The Morgan fingerprint density at radius 1 is 1.22 bits per heavy atom. The normalized spacial score (nSPS) is 11.1. The van der Waals surface area contributed by atoms with E-state index in [4.69, 9.17) is 11.6 Å². The summed E-state index contributed by atoms with van der Waals surface area (Å²) in [6, 6.07) is 10.9. The van der Waals surface area contributed by atoms with Crippen molar-refractivity contribution in [1.29, 1.82) is 0 Å². The van der Waals surface area contributed by atoms with Gasteiger partial charge in [0, 0.05) is 24.8 Å². The molecule has 142 valence electrons. The molecule has 1 aromatic carbocycles. The van der Waals surface area contributed by atoms with Crippen LogP contribution in [-0.2, 0) is 19.6 Å². The number of imidazole rings is 1. The Bertz CT molecular complexity index is 929. The van der Waals surface area contributed by atoms with Gasteiger partial charge in [-0.1, -0.05) is 37.1 Å². The number of aryl methyl sites for hydroxylation is 1. The first-order valence-electron chi connectivity index (χ1n) is 8.89. The first-order chi connectivity index (χ1) is 13.0. The molecule has 27 heavy (non-hydrogen) atoms. The van der Waals surface area contributed by atoms with Crippen LogP contribution in [0.2, 0.25) is 5.15 Å². The van der Waals surface area contributed by atoms with Crippen molar-refractivity contribution in [3.8, 4) is 5.69 Å². The van der Waals surface area contributed by atoms with Crippen molar-refractivity contribution >= 4 is 17.6 Å². The lowest BCUT2D eigenvalue weighted by Gasteiger charge is -2.12. The first-order valence-corrected chi connectivity index (χ1v) is 9.27. The molecular weight excluding hydrogens is 366 g/mol. The van der Waals surface area contributed by atoms with Crippen molar-refractivity contribution in [3.05, 3.63) is 70.5 Å². The smallest absolute Gasteiger partial charge is 0.352 e. The molecule has 0 saturated carbocycles. The van der Waals surface area contributed by atoms with Crippen LogP contribution in [0, 0.1) is 0 Å². The minimum atomic E-state index is -0.967. The maximum Gasteiger partial charge on any atom is 0.352 e. The Hall–Kier alpha value is -2.57. The van der Waals surface area contributed by atoms with Gasteiger partial charge in [0.15, 0.2) is 5.15 Å². The lowest BCUT2D eigenvalue weighted by molar-refractivity contribution is 0.0688. The van der Waals surface area contributed by atoms with Crippen molar-refractivity contribution in [3.63, 3.8) is 0 Å². The number of hydrogen-bond acceptors (Lipinski definition) is 3. The Morgan fingerprint density at radius 2 is 1.96 bits per heavy atom. The van der Waals surface area contributed by atoms with Crippen LogP contribution in [0.1, 0.15) is 47.3 Å². The Morgan fingerprint density at radius 3 is 2.59 bits per heavy atom. The zero-order valence-corrected chi connectivity index (χ0v) is 15.9. The first kappa shape index (κ1) is 19.2. The topological polar surface area (TPSA) is 80.3 Å². The van der Waals surface area contributed by atoms with Gasteiger partial charge in [0.2, 0.25) is 0 Å². The maximum absolute atomic E-state index is 11.3. The number of halogens is 1. The van der Waals surface area contributed by atoms with E-state index in [0.29, 0.717) is 17.4 Å². The van der Waals surface area contributed by atoms with Gasteiger partial charge in [0.25, 0.3) is 0 Å². The third-order valence-electron chi connectivity index (χ3n) is 4.53. The van der Waals surface area contributed by atoms with Crippen molar-refractivity contribution in [2.45, 2.75) is 39.3 Å². The van der Waals surface area contributed by atoms with Gasteiger partial charge in [0.1, 0.15) is 11.5 Å². The predicted molar refractivity (Wildman–Crippen MR) is 104 cm³/mol. The van der Waals surface area contributed by atoms with Crippen LogP contribution in [-0.4, -0.2) is 30.3 Å². The molecule has 0 aliphatic carbocycles. The molecule has 0 saturated heterocycles. The molecule has 3 aromatic rings. The summed E-state index contributed by atoms with van der Waals surface area (Å²) in [7, 11) is 0. The van der Waals surface area contributed by atoms with Gasteiger partial charge in [-0.05, 0) is 36.2 Å². The van der Waals surface area contributed by atoms with E-state index < -0.39 is 5.97 Å². The highest BCUT2D eigenvalue weighted by Crippen LogP contribution is 2.21. The van der Waals surface area contributed by atoms with Crippen molar-refractivity contribution in [2.24, 2.45) is 0 Å². The van der Waals surface area contributed by atoms with Crippen LogP contribution in [0.3, 0.4) is 0 Å². The molecule has 2 heterocycles. The second kappa shape index (κ2) is 8.41. The zero-order valence-electron chi connectivity index (χ0n) is 15.1. The van der Waals surface area contributed by atoms with E-state index in [0.717, 1.165) is 36.3 Å². The summed E-state index contributed by atoms with van der Waals surface area (Å²) in [5.41, 5.74) is 2.63. The van der Waals surface area contributed by atoms with Gasteiger partial charge in [0.05, 0.1) is 12.3 Å². The zero-order chi connectivity index (χ0) is 19.4. The van der Waals surface area contributed by atoms with Crippen molar-refractivity contribution < 1.29 is 15.0 Å². The molecule has 7 heteroatoms. The minimum Gasteiger partial charge on any atom is -0.477 e. The number of nitrogens with zero attached hydrogens (tertiary/aromatic N) is 3. The minimum absolute atomic E-state index is 0.165. The van der Waals surface area contributed by atoms with Gasteiger partial charge in [-0.25, -0.2) is 9.78 Å². The molecule has 0 spiro atoms. The number of hydrogen-bond donors (Lipinski definition) is 2. The van der Waals surface area contributed by atoms with Crippen molar-refractivity contribution in [2.75, 3.05) is 0 Å². The highest BCUT2D eigenvalue weighted by Gasteiger charge is 2.15. The number of rotatable bonds is 8. The number of unbranched alkanes of at least 4 members (excludes halogenated alkanes) is 1. The number of carboxylic acid groups (broad SMARTS) is 1. The molecule has 2 N–H and O–H groups in total. The summed E-state index contributed by atoms with van der Waals surface area (Å²) in [5, 5.41) is 19.3. The van der Waals surface area contributed by atoms with Gasteiger partial charge >= 0.3 is 5.97 Å². The number of aliphatic hydroxyl groups is 1. The monoisotopic (exact) mass is 387 g/mol. The average Bonchev–Trinajstić information content (AvgIpc) is 3.25. The number of aromatic nitrogens is 3. The van der Waals surface area contributed by atoms with Crippen molar-refractivity contribution in [1.82, 2.24) is 14.1 Å². The molecule has 0 aliphatic rings. The van der Waals surface area contributed by atoms with Crippen LogP contribution in [0.25, 0.3) is 5.69 Å². The molecule has 0 radical (unpaired) electrons. The Labute approximate surface area is 162 Å². The Balaban J connectivity index is 1.87. The molecule has 0 bridgehead atoms. The molecule has 0 atom stereocenters. The van der Waals surface area contributed by atoms with E-state index >= 15 is 0 Å². The van der Waals surface area contributed by atoms with Gasteiger partial charge in [-0.15, -0.1) is 0 Å². The number of carboxylic acids is 1. The third-order valence-corrected chi connectivity index (χ3v) is 4.83. The van der Waals surface area contributed by atoms with E-state index in [-0.39, 0.29) is 12.3 Å². The standard InChI is InChI=1S/C20H22ClN3O3/c1-2-3-6-18-22-19(21)17(13-25)24(18)12-14-7-9-15(10-8-14)23-11-4-5-16(23)20(26)27/h4-5,7-11,25H,2-3,6,12-13H2,1H3,(H,26,27). The summed E-state index contributed by atoms with van der Waals surface area (Å²) in [6.45, 7) is 2.50. The number of carbonyl (C=O) groups is 1. The van der Waals surface area contributed by atoms with E-state index in [2.05, 4.69) is 11.9 Å². The number of aliphatic hydroxyl groups excluding tert-OH is 1. The van der Waals surface area contributed by atoms with Gasteiger partial charge in [-0.2, -0.15) is 0 Å². The second-order valence-corrected chi connectivity index (χ2v) is 6.71. The summed E-state index contributed by atoms with van der Waals surface area (Å²) < 4.78 is 3.59. The van der Waals surface area contributed by atoms with E-state index in [1.807, 2.05) is 28.8 Å². The number of aromatic carboxylic acids is 1. The quantitative estimate of drug-likeness (QED) is 0.614. The van der Waals surface area contributed by atoms with Crippen LogP contribution < -0.4 is 0 Å². The molecule has 0 amide bonds. The third kappa shape index (κ3) is 4.07. The lowest BCUT2D eigenvalue weighted by atomic mass is 10.2. The van der Waals surface area contributed by atoms with E-state index in [9.17, 15) is 15.0 Å². The SMILES string of the molecule is CCCCc1nc(Cl)c(CO)n1Cc1ccc(-n2cccc2C(=O)O)cc1. The molecule has 3 rings (SSSR count). The fourth-order valence-corrected chi connectivity index (χ4v) is 3.35. The molecule has 6 nitrogen and oxygen atoms in total. The second-order valence-electron chi connectivity index (χ2n) is 6.35. The van der Waals surface area contributed by atoms with Crippen LogP contribution in [0.15, 0.2) is 42.6 Å². The molecular formula is C20H22ClN3O3. The molecule has 0 fully saturated rings.